The van der Waals surface area contributed by atoms with E-state index in [4.69, 9.17) is 4.74 Å². The van der Waals surface area contributed by atoms with Crippen molar-refractivity contribution >= 4 is 11.9 Å². The maximum atomic E-state index is 13.3. The Hall–Kier alpha value is -2.83. The molecule has 1 aromatic heterocycles. The summed E-state index contributed by atoms with van der Waals surface area (Å²) in [5.41, 5.74) is 1.93. The van der Waals surface area contributed by atoms with E-state index < -0.39 is 11.4 Å². The summed E-state index contributed by atoms with van der Waals surface area (Å²) >= 11 is 0. The number of rotatable bonds is 3. The summed E-state index contributed by atoms with van der Waals surface area (Å²) in [4.78, 5) is 27.4. The van der Waals surface area contributed by atoms with E-state index in [1.807, 2.05) is 49.7 Å². The molecule has 7 heteroatoms. The highest BCUT2D eigenvalue weighted by atomic mass is 16.5. The predicted octanol–water partition coefficient (Wildman–Crippen LogP) is 2.30. The van der Waals surface area contributed by atoms with Crippen molar-refractivity contribution in [2.45, 2.75) is 33.7 Å². The Morgan fingerprint density at radius 1 is 1.32 bits per heavy atom. The number of aliphatic carboxylic acids is 1. The third kappa shape index (κ3) is 2.68. The third-order valence-electron chi connectivity index (χ3n) is 6.22. The lowest BCUT2D eigenvalue weighted by Crippen LogP contribution is -2.42. The van der Waals surface area contributed by atoms with Crippen LogP contribution < -0.4 is 4.74 Å². The molecule has 0 radical (unpaired) electrons. The molecule has 2 aliphatic heterocycles. The predicted molar refractivity (Wildman–Crippen MR) is 102 cm³/mol. The Bertz CT molecular complexity index is 951. The molecule has 2 atom stereocenters. The largest absolute Gasteiger partial charge is 0.493 e. The van der Waals surface area contributed by atoms with Gasteiger partial charge in [-0.25, -0.2) is 0 Å². The van der Waals surface area contributed by atoms with Crippen molar-refractivity contribution in [3.05, 3.63) is 46.8 Å². The zero-order chi connectivity index (χ0) is 20.1. The zero-order valence-electron chi connectivity index (χ0n) is 16.4. The molecule has 0 bridgehead atoms. The molecule has 1 aromatic carbocycles. The van der Waals surface area contributed by atoms with Crippen LogP contribution in [0, 0.1) is 25.2 Å². The molecule has 0 spiro atoms. The van der Waals surface area contributed by atoms with E-state index in [-0.39, 0.29) is 18.4 Å². The van der Waals surface area contributed by atoms with Gasteiger partial charge in [-0.2, -0.15) is 5.10 Å². The summed E-state index contributed by atoms with van der Waals surface area (Å²) in [6.45, 7) is 7.22. The maximum absolute atomic E-state index is 13.3. The van der Waals surface area contributed by atoms with Gasteiger partial charge in [0, 0.05) is 31.2 Å². The monoisotopic (exact) mass is 383 g/mol. The van der Waals surface area contributed by atoms with Crippen LogP contribution in [0.3, 0.4) is 0 Å². The number of carbonyl (C=O) groups is 2. The number of para-hydroxylation sites is 1. The molecule has 3 heterocycles. The molecule has 148 valence electrons. The fourth-order valence-electron chi connectivity index (χ4n) is 4.65. The first-order valence-electron chi connectivity index (χ1n) is 9.64. The molecule has 0 unspecified atom stereocenters. The fraction of sp³-hybridized carbons (Fsp3) is 0.476. The number of aryl methyl sites for hydroxylation is 2. The summed E-state index contributed by atoms with van der Waals surface area (Å²) in [6, 6.07) is 7.56. The summed E-state index contributed by atoms with van der Waals surface area (Å²) in [5, 5.41) is 14.6. The van der Waals surface area contributed by atoms with Crippen molar-refractivity contribution in [1.29, 1.82) is 0 Å². The number of ether oxygens (including phenoxy) is 1. The topological polar surface area (TPSA) is 84.7 Å². The van der Waals surface area contributed by atoms with Crippen LogP contribution in [-0.2, 0) is 17.8 Å². The van der Waals surface area contributed by atoms with E-state index >= 15 is 0 Å². The van der Waals surface area contributed by atoms with E-state index in [0.717, 1.165) is 17.0 Å². The van der Waals surface area contributed by atoms with Crippen LogP contribution in [0.4, 0.5) is 0 Å². The minimum absolute atomic E-state index is 0.142. The molecule has 4 rings (SSSR count). The van der Waals surface area contributed by atoms with Crippen LogP contribution in [0.15, 0.2) is 24.3 Å². The molecular weight excluding hydrogens is 358 g/mol. The lowest BCUT2D eigenvalue weighted by molar-refractivity contribution is -0.150. The highest BCUT2D eigenvalue weighted by Crippen LogP contribution is 2.44. The highest BCUT2D eigenvalue weighted by molar-refractivity contribution is 5.97. The van der Waals surface area contributed by atoms with Gasteiger partial charge in [0.25, 0.3) is 5.91 Å². The first-order valence-corrected chi connectivity index (χ1v) is 9.64. The molecular formula is C21H25N3O4. The lowest BCUT2D eigenvalue weighted by Gasteiger charge is -2.27. The number of carbonyl (C=O) groups excluding carboxylic acids is 1. The molecule has 0 aliphatic carbocycles. The quantitative estimate of drug-likeness (QED) is 0.879. The van der Waals surface area contributed by atoms with Gasteiger partial charge in [0.15, 0.2) is 0 Å². The standard InChI is InChI=1S/C21H25N3O4/c1-4-24-14(3)18(13(2)22-24)19(25)23-10-16-11-28-17-8-6-5-7-15(17)9-21(16,12-23)20(26)27/h5-8,16H,4,9-12H2,1-3H3,(H,26,27)/t16-,21+/m0/s1. The first-order chi connectivity index (χ1) is 13.4. The second-order valence-electron chi connectivity index (χ2n) is 7.80. The van der Waals surface area contributed by atoms with Crippen molar-refractivity contribution in [2.75, 3.05) is 19.7 Å². The molecule has 2 aliphatic rings. The van der Waals surface area contributed by atoms with E-state index in [9.17, 15) is 14.7 Å². The van der Waals surface area contributed by atoms with Gasteiger partial charge in [-0.3, -0.25) is 14.3 Å². The number of aromatic nitrogens is 2. The Labute approximate surface area is 163 Å². The summed E-state index contributed by atoms with van der Waals surface area (Å²) in [7, 11) is 0. The van der Waals surface area contributed by atoms with Crippen LogP contribution in [0.25, 0.3) is 0 Å². The normalized spacial score (nSPS) is 23.5. The van der Waals surface area contributed by atoms with Gasteiger partial charge >= 0.3 is 5.97 Å². The van der Waals surface area contributed by atoms with Crippen LogP contribution in [0.1, 0.15) is 34.2 Å². The number of carboxylic acids is 1. The number of benzene rings is 1. The summed E-state index contributed by atoms with van der Waals surface area (Å²) in [6.07, 6.45) is 0.360. The van der Waals surface area contributed by atoms with Crippen molar-refractivity contribution in [3.8, 4) is 5.75 Å². The number of hydrogen-bond acceptors (Lipinski definition) is 4. The van der Waals surface area contributed by atoms with Gasteiger partial charge in [0.2, 0.25) is 0 Å². The molecule has 28 heavy (non-hydrogen) atoms. The Balaban J connectivity index is 1.68. The number of hydrogen-bond donors (Lipinski definition) is 1. The van der Waals surface area contributed by atoms with E-state index in [0.29, 0.717) is 37.4 Å². The molecule has 0 saturated carbocycles. The van der Waals surface area contributed by atoms with Crippen molar-refractivity contribution in [3.63, 3.8) is 0 Å². The van der Waals surface area contributed by atoms with Crippen LogP contribution in [0.2, 0.25) is 0 Å². The Kier molecular flexibility index (Phi) is 4.40. The molecule has 1 amide bonds. The van der Waals surface area contributed by atoms with Gasteiger partial charge in [0.05, 0.1) is 23.3 Å². The lowest BCUT2D eigenvalue weighted by atomic mass is 9.74. The Morgan fingerprint density at radius 2 is 2.07 bits per heavy atom. The average Bonchev–Trinajstić information content (AvgIpc) is 3.13. The minimum Gasteiger partial charge on any atom is -0.493 e. The maximum Gasteiger partial charge on any atom is 0.312 e. The smallest absolute Gasteiger partial charge is 0.312 e. The second kappa shape index (κ2) is 6.65. The Morgan fingerprint density at radius 3 is 2.75 bits per heavy atom. The molecule has 1 fully saturated rings. The van der Waals surface area contributed by atoms with Gasteiger partial charge in [-0.05, 0) is 38.8 Å². The van der Waals surface area contributed by atoms with Crippen molar-refractivity contribution in [1.82, 2.24) is 14.7 Å². The average molecular weight is 383 g/mol. The van der Waals surface area contributed by atoms with Gasteiger partial charge < -0.3 is 14.7 Å². The van der Waals surface area contributed by atoms with E-state index in [1.54, 1.807) is 4.90 Å². The summed E-state index contributed by atoms with van der Waals surface area (Å²) < 4.78 is 7.73. The molecule has 2 aromatic rings. The van der Waals surface area contributed by atoms with Crippen molar-refractivity contribution in [2.24, 2.45) is 11.3 Å². The molecule has 7 nitrogen and oxygen atoms in total. The highest BCUT2D eigenvalue weighted by Gasteiger charge is 2.55. The van der Waals surface area contributed by atoms with Gasteiger partial charge in [0.1, 0.15) is 5.75 Å². The van der Waals surface area contributed by atoms with Crippen LogP contribution in [-0.4, -0.2) is 51.4 Å². The fourth-order valence-corrected chi connectivity index (χ4v) is 4.65. The SMILES string of the molecule is CCn1nc(C)c(C(=O)N2C[C@H]3COc4ccccc4C[C@@]3(C(=O)O)C2)c1C. The molecule has 1 N–H and O–H groups in total. The van der Waals surface area contributed by atoms with Crippen LogP contribution >= 0.6 is 0 Å². The van der Waals surface area contributed by atoms with E-state index in [2.05, 4.69) is 5.10 Å². The minimum atomic E-state index is -1.04. The zero-order valence-corrected chi connectivity index (χ0v) is 16.4. The molecule has 1 saturated heterocycles. The number of carboxylic acid groups (broad SMARTS) is 1. The second-order valence-corrected chi connectivity index (χ2v) is 7.80. The number of fused-ring (bicyclic) bond motifs is 2. The summed E-state index contributed by atoms with van der Waals surface area (Å²) in [5.74, 6) is -0.531. The first kappa shape index (κ1) is 18.5. The number of likely N-dealkylation sites (tertiary alicyclic amines) is 1. The van der Waals surface area contributed by atoms with Crippen molar-refractivity contribution < 1.29 is 19.4 Å². The van der Waals surface area contributed by atoms with Gasteiger partial charge in [-0.1, -0.05) is 18.2 Å². The van der Waals surface area contributed by atoms with Crippen LogP contribution in [0.5, 0.6) is 5.75 Å². The van der Waals surface area contributed by atoms with Gasteiger partial charge in [-0.15, -0.1) is 0 Å². The number of amides is 1. The van der Waals surface area contributed by atoms with E-state index in [1.165, 1.54) is 0 Å². The number of nitrogens with zero attached hydrogens (tertiary/aromatic N) is 3. The third-order valence-corrected chi connectivity index (χ3v) is 6.22.